The Bertz CT molecular complexity index is 1170. The molecule has 0 aliphatic heterocycles. The molecule has 0 aliphatic rings. The SMILES string of the molecule is Cc1nsnc1COc1cccc(C(=O)Nc2cnn(Cc3cccc(F)c3)c2)c1. The van der Waals surface area contributed by atoms with Crippen LogP contribution in [0, 0.1) is 12.7 Å². The molecule has 0 aliphatic carbocycles. The Morgan fingerprint density at radius 2 is 2.07 bits per heavy atom. The van der Waals surface area contributed by atoms with E-state index in [0.29, 0.717) is 30.2 Å². The van der Waals surface area contributed by atoms with E-state index in [4.69, 9.17) is 4.74 Å². The fourth-order valence-electron chi connectivity index (χ4n) is 2.80. The van der Waals surface area contributed by atoms with E-state index in [-0.39, 0.29) is 11.7 Å². The van der Waals surface area contributed by atoms with Gasteiger partial charge in [0.2, 0.25) is 0 Å². The average molecular weight is 423 g/mol. The van der Waals surface area contributed by atoms with Gasteiger partial charge < -0.3 is 10.1 Å². The normalized spacial score (nSPS) is 10.7. The molecule has 0 saturated heterocycles. The molecule has 152 valence electrons. The van der Waals surface area contributed by atoms with Gasteiger partial charge in [0.25, 0.3) is 5.91 Å². The minimum Gasteiger partial charge on any atom is -0.487 e. The molecule has 30 heavy (non-hydrogen) atoms. The van der Waals surface area contributed by atoms with Crippen LogP contribution in [-0.2, 0) is 13.2 Å². The second-order valence-electron chi connectivity index (χ2n) is 6.62. The van der Waals surface area contributed by atoms with Crippen molar-refractivity contribution in [2.24, 2.45) is 0 Å². The zero-order valence-electron chi connectivity index (χ0n) is 16.1. The van der Waals surface area contributed by atoms with E-state index in [0.717, 1.165) is 28.7 Å². The summed E-state index contributed by atoms with van der Waals surface area (Å²) in [6, 6.07) is 13.2. The molecule has 0 atom stereocenters. The van der Waals surface area contributed by atoms with Crippen molar-refractivity contribution < 1.29 is 13.9 Å². The lowest BCUT2D eigenvalue weighted by atomic mass is 10.2. The smallest absolute Gasteiger partial charge is 0.255 e. The maximum Gasteiger partial charge on any atom is 0.255 e. The van der Waals surface area contributed by atoms with Gasteiger partial charge in [-0.15, -0.1) is 0 Å². The Labute approximate surface area is 176 Å². The second kappa shape index (κ2) is 8.83. The Kier molecular flexibility index (Phi) is 5.80. The van der Waals surface area contributed by atoms with Crippen molar-refractivity contribution >= 4 is 23.3 Å². The van der Waals surface area contributed by atoms with Crippen molar-refractivity contribution in [3.8, 4) is 5.75 Å². The van der Waals surface area contributed by atoms with E-state index in [1.165, 1.54) is 12.1 Å². The molecule has 0 radical (unpaired) electrons. The minimum absolute atomic E-state index is 0.280. The van der Waals surface area contributed by atoms with Crippen LogP contribution < -0.4 is 10.1 Å². The number of benzene rings is 2. The number of halogens is 1. The highest BCUT2D eigenvalue weighted by Crippen LogP contribution is 2.17. The van der Waals surface area contributed by atoms with Crippen LogP contribution in [0.2, 0.25) is 0 Å². The summed E-state index contributed by atoms with van der Waals surface area (Å²) in [5.41, 5.74) is 3.40. The molecular formula is C21H18FN5O2S. The number of nitrogens with zero attached hydrogens (tertiary/aromatic N) is 4. The summed E-state index contributed by atoms with van der Waals surface area (Å²) in [5.74, 6) is -0.00871. The first-order chi connectivity index (χ1) is 14.6. The van der Waals surface area contributed by atoms with Crippen molar-refractivity contribution in [2.45, 2.75) is 20.1 Å². The van der Waals surface area contributed by atoms with Gasteiger partial charge in [0.15, 0.2) is 0 Å². The number of hydrogen-bond donors (Lipinski definition) is 1. The largest absolute Gasteiger partial charge is 0.487 e. The van der Waals surface area contributed by atoms with Crippen LogP contribution in [0.5, 0.6) is 5.75 Å². The van der Waals surface area contributed by atoms with E-state index < -0.39 is 0 Å². The van der Waals surface area contributed by atoms with Gasteiger partial charge in [0.1, 0.15) is 23.9 Å². The van der Waals surface area contributed by atoms with Crippen LogP contribution in [0.4, 0.5) is 10.1 Å². The van der Waals surface area contributed by atoms with E-state index >= 15 is 0 Å². The molecule has 4 aromatic rings. The second-order valence-corrected chi connectivity index (χ2v) is 7.15. The topological polar surface area (TPSA) is 81.9 Å². The highest BCUT2D eigenvalue weighted by molar-refractivity contribution is 6.99. The van der Waals surface area contributed by atoms with Crippen LogP contribution in [0.25, 0.3) is 0 Å². The third-order valence-corrected chi connectivity index (χ3v) is 5.00. The maximum atomic E-state index is 13.3. The van der Waals surface area contributed by atoms with E-state index in [2.05, 4.69) is 19.2 Å². The zero-order chi connectivity index (χ0) is 20.9. The molecule has 0 bridgehead atoms. The first-order valence-electron chi connectivity index (χ1n) is 9.16. The standard InChI is InChI=1S/C21H18FN5O2S/c1-14-20(26-30-25-14)13-29-19-7-3-5-16(9-19)21(28)24-18-10-23-27(12-18)11-15-4-2-6-17(22)8-15/h2-10,12H,11,13H2,1H3,(H,24,28). The molecule has 0 spiro atoms. The Morgan fingerprint density at radius 3 is 2.87 bits per heavy atom. The predicted molar refractivity (Wildman–Crippen MR) is 111 cm³/mol. The van der Waals surface area contributed by atoms with Crippen molar-refractivity contribution in [2.75, 3.05) is 5.32 Å². The summed E-state index contributed by atoms with van der Waals surface area (Å²) in [6.45, 7) is 2.57. The highest BCUT2D eigenvalue weighted by atomic mass is 32.1. The molecule has 0 saturated carbocycles. The predicted octanol–water partition coefficient (Wildman–Crippen LogP) is 4.06. The quantitative estimate of drug-likeness (QED) is 0.485. The monoisotopic (exact) mass is 423 g/mol. The number of nitrogens with one attached hydrogen (secondary N) is 1. The Balaban J connectivity index is 1.38. The van der Waals surface area contributed by atoms with Gasteiger partial charge in [-0.25, -0.2) is 4.39 Å². The maximum absolute atomic E-state index is 13.3. The lowest BCUT2D eigenvalue weighted by Crippen LogP contribution is -2.11. The molecular weight excluding hydrogens is 405 g/mol. The lowest BCUT2D eigenvalue weighted by Gasteiger charge is -2.07. The van der Waals surface area contributed by atoms with Crippen molar-refractivity contribution in [3.05, 3.63) is 89.3 Å². The van der Waals surface area contributed by atoms with Gasteiger partial charge in [-0.3, -0.25) is 9.48 Å². The molecule has 2 aromatic heterocycles. The van der Waals surface area contributed by atoms with E-state index in [9.17, 15) is 9.18 Å². The van der Waals surface area contributed by atoms with Crippen LogP contribution in [0.3, 0.4) is 0 Å². The third-order valence-electron chi connectivity index (χ3n) is 4.34. The molecule has 1 amide bonds. The van der Waals surface area contributed by atoms with Crippen molar-refractivity contribution in [3.63, 3.8) is 0 Å². The molecule has 0 unspecified atom stereocenters. The highest BCUT2D eigenvalue weighted by Gasteiger charge is 2.10. The van der Waals surface area contributed by atoms with Gasteiger partial charge in [0, 0.05) is 11.8 Å². The van der Waals surface area contributed by atoms with Crippen molar-refractivity contribution in [1.29, 1.82) is 0 Å². The number of rotatable bonds is 7. The van der Waals surface area contributed by atoms with Crippen LogP contribution in [0.15, 0.2) is 60.9 Å². The molecule has 9 heteroatoms. The third kappa shape index (κ3) is 4.87. The van der Waals surface area contributed by atoms with Gasteiger partial charge in [-0.05, 0) is 42.8 Å². The Hall–Kier alpha value is -3.59. The van der Waals surface area contributed by atoms with Crippen LogP contribution in [0.1, 0.15) is 27.3 Å². The first kappa shape index (κ1) is 19.7. The van der Waals surface area contributed by atoms with Gasteiger partial charge in [-0.2, -0.15) is 13.8 Å². The number of carbonyl (C=O) groups excluding carboxylic acids is 1. The minimum atomic E-state index is -0.295. The summed E-state index contributed by atoms with van der Waals surface area (Å²) in [6.07, 6.45) is 3.25. The zero-order valence-corrected chi connectivity index (χ0v) is 16.9. The van der Waals surface area contributed by atoms with Gasteiger partial charge in [0.05, 0.1) is 35.9 Å². The molecule has 7 nitrogen and oxygen atoms in total. The van der Waals surface area contributed by atoms with E-state index in [1.54, 1.807) is 47.4 Å². The van der Waals surface area contributed by atoms with Crippen molar-refractivity contribution in [1.82, 2.24) is 18.5 Å². The number of hydrogen-bond acceptors (Lipinski definition) is 6. The molecule has 4 rings (SSSR count). The number of aryl methyl sites for hydroxylation is 1. The summed E-state index contributed by atoms with van der Waals surface area (Å²) < 4.78 is 29.0. The number of ether oxygens (including phenoxy) is 1. The Morgan fingerprint density at radius 1 is 1.20 bits per heavy atom. The van der Waals surface area contributed by atoms with Gasteiger partial charge >= 0.3 is 0 Å². The number of amides is 1. The van der Waals surface area contributed by atoms with Crippen LogP contribution >= 0.6 is 11.7 Å². The number of carbonyl (C=O) groups is 1. The first-order valence-corrected chi connectivity index (χ1v) is 9.89. The summed E-state index contributed by atoms with van der Waals surface area (Å²) in [4.78, 5) is 12.6. The van der Waals surface area contributed by atoms with Gasteiger partial charge in [-0.1, -0.05) is 18.2 Å². The summed E-state index contributed by atoms with van der Waals surface area (Å²) in [5, 5.41) is 7.02. The molecule has 2 heterocycles. The number of anilines is 1. The summed E-state index contributed by atoms with van der Waals surface area (Å²) in [7, 11) is 0. The summed E-state index contributed by atoms with van der Waals surface area (Å²) >= 11 is 1.14. The molecule has 0 fully saturated rings. The lowest BCUT2D eigenvalue weighted by molar-refractivity contribution is 0.102. The number of aromatic nitrogens is 4. The van der Waals surface area contributed by atoms with E-state index in [1.807, 2.05) is 13.0 Å². The molecule has 1 N–H and O–H groups in total. The molecule has 2 aromatic carbocycles. The average Bonchev–Trinajstić information content (AvgIpc) is 3.35. The fraction of sp³-hybridized carbons (Fsp3) is 0.143. The van der Waals surface area contributed by atoms with Crippen LogP contribution in [-0.4, -0.2) is 24.4 Å². The fourth-order valence-corrected chi connectivity index (χ4v) is 3.35.